The zero-order valence-corrected chi connectivity index (χ0v) is 35.7. The molecule has 62 heavy (non-hydrogen) atoms. The maximum atomic E-state index is 14.3. The lowest BCUT2D eigenvalue weighted by Gasteiger charge is -2.33. The van der Waals surface area contributed by atoms with Gasteiger partial charge in [-0.3, -0.25) is 38.4 Å². The highest BCUT2D eigenvalue weighted by Gasteiger charge is 2.44. The molecular formula is C44H60N8O10. The van der Waals surface area contributed by atoms with E-state index in [0.29, 0.717) is 24.0 Å². The van der Waals surface area contributed by atoms with E-state index in [4.69, 9.17) is 0 Å². The van der Waals surface area contributed by atoms with Crippen LogP contribution in [0, 0.1) is 5.92 Å². The Morgan fingerprint density at radius 1 is 0.548 bits per heavy atom. The summed E-state index contributed by atoms with van der Waals surface area (Å²) >= 11 is 0. The lowest BCUT2D eigenvalue weighted by molar-refractivity contribution is -0.147. The molecule has 0 aliphatic carbocycles. The molecule has 0 unspecified atom stereocenters. The van der Waals surface area contributed by atoms with Crippen molar-refractivity contribution in [3.05, 3.63) is 71.8 Å². The van der Waals surface area contributed by atoms with Crippen LogP contribution in [0.3, 0.4) is 0 Å². The number of rotatable bonds is 8. The number of aliphatic hydroxyl groups excluding tert-OH is 2. The van der Waals surface area contributed by atoms with E-state index in [0.717, 1.165) is 0 Å². The zero-order chi connectivity index (χ0) is 45.1. The summed E-state index contributed by atoms with van der Waals surface area (Å²) in [6.07, 6.45) is -1.47. The molecule has 3 saturated heterocycles. The molecule has 8 amide bonds. The summed E-state index contributed by atoms with van der Waals surface area (Å²) in [6.45, 7) is 5.87. The Balaban J connectivity index is 1.51. The van der Waals surface area contributed by atoms with Crippen LogP contribution >= 0.6 is 0 Å². The van der Waals surface area contributed by atoms with Crippen LogP contribution in [0.4, 0.5) is 0 Å². The standard InChI is InChI=1S/C44H60N8O10/c1-25(2)21-30-39(57)47-32(23-29-15-9-6-10-16-29)40(58)46-31(22-28-13-7-5-8-14-28)38(56)45-24-35(55)49-36(26(3)53)43(61)52-20-12-18-34(52)42(60)50-37(27(4)54)44(62)51-19-11-17-33(51)41(59)48-30/h5-10,13-16,25-27,30-34,36-37,53-54H,11-12,17-24H2,1-4H3,(H,45,56)(H,46,58)(H,47,57)(H,48,59)(H,49,55)(H,50,60)/t26-,27-,30+,31+,32+,33+,34+,36+,37+/m1/s1. The fraction of sp³-hybridized carbons (Fsp3) is 0.545. The SMILES string of the molecule is CC(C)C[C@@H]1NC(=O)[C@@H]2CCCN2C(=O)[C@H]([C@@H](C)O)NC(=O)[C@@H]2CCCN2C(=O)[C@H]([C@@H](C)O)NC(=O)CNC(=O)[C@H](Cc2ccccc2)NC(=O)[C@H](Cc2ccccc2)NC1=O. The zero-order valence-electron chi connectivity index (χ0n) is 35.7. The summed E-state index contributed by atoms with van der Waals surface area (Å²) < 4.78 is 0. The number of hydrogen-bond acceptors (Lipinski definition) is 10. The number of hydrogen-bond donors (Lipinski definition) is 8. The molecule has 3 aliphatic heterocycles. The fourth-order valence-electron chi connectivity index (χ4n) is 8.14. The average molecular weight is 861 g/mol. The van der Waals surface area contributed by atoms with Gasteiger partial charge in [0.15, 0.2) is 0 Å². The molecule has 0 spiro atoms. The van der Waals surface area contributed by atoms with Crippen molar-refractivity contribution in [2.24, 2.45) is 5.92 Å². The summed E-state index contributed by atoms with van der Waals surface area (Å²) in [5, 5.41) is 37.4. The Labute approximate surface area is 361 Å². The van der Waals surface area contributed by atoms with Crippen molar-refractivity contribution in [1.82, 2.24) is 41.7 Å². The van der Waals surface area contributed by atoms with Gasteiger partial charge in [-0.05, 0) is 63.0 Å². The van der Waals surface area contributed by atoms with Gasteiger partial charge >= 0.3 is 0 Å². The van der Waals surface area contributed by atoms with Gasteiger partial charge in [0.05, 0.1) is 18.8 Å². The molecule has 336 valence electrons. The van der Waals surface area contributed by atoms with E-state index in [1.807, 2.05) is 13.8 Å². The third kappa shape index (κ3) is 12.4. The van der Waals surface area contributed by atoms with Gasteiger partial charge in [0.1, 0.15) is 42.3 Å². The minimum atomic E-state index is -1.53. The van der Waals surface area contributed by atoms with E-state index >= 15 is 0 Å². The third-order valence-corrected chi connectivity index (χ3v) is 11.4. The van der Waals surface area contributed by atoms with Gasteiger partial charge in [0, 0.05) is 25.9 Å². The number of nitrogens with one attached hydrogen (secondary N) is 6. The van der Waals surface area contributed by atoms with E-state index in [1.165, 1.54) is 23.6 Å². The van der Waals surface area contributed by atoms with Crippen LogP contribution < -0.4 is 31.9 Å². The number of amides is 8. The monoisotopic (exact) mass is 860 g/mol. The number of nitrogens with zero attached hydrogens (tertiary/aromatic N) is 2. The summed E-state index contributed by atoms with van der Waals surface area (Å²) in [4.78, 5) is 114. The second-order valence-electron chi connectivity index (χ2n) is 16.8. The van der Waals surface area contributed by atoms with Crippen LogP contribution in [-0.2, 0) is 51.2 Å². The van der Waals surface area contributed by atoms with Gasteiger partial charge in [-0.15, -0.1) is 0 Å². The molecule has 0 bridgehead atoms. The molecule has 5 rings (SSSR count). The molecule has 18 heteroatoms. The van der Waals surface area contributed by atoms with Crippen molar-refractivity contribution >= 4 is 47.3 Å². The van der Waals surface area contributed by atoms with Crippen LogP contribution in [0.5, 0.6) is 0 Å². The molecule has 2 aromatic carbocycles. The Hall–Kier alpha value is -5.88. The van der Waals surface area contributed by atoms with Crippen LogP contribution in [0.15, 0.2) is 60.7 Å². The molecule has 3 fully saturated rings. The van der Waals surface area contributed by atoms with Gasteiger partial charge in [0.2, 0.25) is 47.3 Å². The van der Waals surface area contributed by atoms with Crippen LogP contribution in [0.25, 0.3) is 0 Å². The van der Waals surface area contributed by atoms with Gasteiger partial charge < -0.3 is 51.9 Å². The molecule has 0 aromatic heterocycles. The molecule has 3 heterocycles. The molecule has 0 saturated carbocycles. The number of benzene rings is 2. The lowest BCUT2D eigenvalue weighted by Crippen LogP contribution is -2.62. The molecule has 0 radical (unpaired) electrons. The van der Waals surface area contributed by atoms with Gasteiger partial charge in [0.25, 0.3) is 0 Å². The summed E-state index contributed by atoms with van der Waals surface area (Å²) in [7, 11) is 0. The Morgan fingerprint density at radius 2 is 0.968 bits per heavy atom. The summed E-state index contributed by atoms with van der Waals surface area (Å²) in [6, 6.07) is 8.85. The van der Waals surface area contributed by atoms with Crippen molar-refractivity contribution in [1.29, 1.82) is 0 Å². The fourth-order valence-corrected chi connectivity index (χ4v) is 8.14. The van der Waals surface area contributed by atoms with E-state index in [2.05, 4.69) is 31.9 Å². The first-order valence-electron chi connectivity index (χ1n) is 21.4. The second kappa shape index (κ2) is 21.8. The van der Waals surface area contributed by atoms with Gasteiger partial charge in [-0.25, -0.2) is 0 Å². The largest absolute Gasteiger partial charge is 0.391 e. The quantitative estimate of drug-likeness (QED) is 0.158. The number of carbonyl (C=O) groups is 8. The molecular weight excluding hydrogens is 801 g/mol. The average Bonchev–Trinajstić information content (AvgIpc) is 3.94. The highest BCUT2D eigenvalue weighted by atomic mass is 16.3. The number of carbonyl (C=O) groups excluding carboxylic acids is 8. The highest BCUT2D eigenvalue weighted by Crippen LogP contribution is 2.23. The second-order valence-corrected chi connectivity index (χ2v) is 16.8. The van der Waals surface area contributed by atoms with Gasteiger partial charge in [-0.1, -0.05) is 74.5 Å². The van der Waals surface area contributed by atoms with E-state index in [-0.39, 0.29) is 51.1 Å². The van der Waals surface area contributed by atoms with Crippen LogP contribution in [-0.4, -0.2) is 141 Å². The topological polar surface area (TPSA) is 256 Å². The predicted molar refractivity (Wildman–Crippen MR) is 225 cm³/mol. The number of aliphatic hydroxyl groups is 2. The normalized spacial score (nSPS) is 27.4. The maximum Gasteiger partial charge on any atom is 0.248 e. The highest BCUT2D eigenvalue weighted by molar-refractivity contribution is 5.99. The minimum Gasteiger partial charge on any atom is -0.391 e. The van der Waals surface area contributed by atoms with Crippen molar-refractivity contribution in [2.75, 3.05) is 19.6 Å². The van der Waals surface area contributed by atoms with E-state index in [9.17, 15) is 48.6 Å². The molecule has 18 nitrogen and oxygen atoms in total. The predicted octanol–water partition coefficient (Wildman–Crippen LogP) is -1.18. The lowest BCUT2D eigenvalue weighted by atomic mass is 9.99. The first-order chi connectivity index (χ1) is 29.5. The number of fused-ring (bicyclic) bond motifs is 2. The van der Waals surface area contributed by atoms with Gasteiger partial charge in [-0.2, -0.15) is 0 Å². The van der Waals surface area contributed by atoms with E-state index < -0.39 is 108 Å². The molecule has 8 N–H and O–H groups in total. The van der Waals surface area contributed by atoms with Crippen molar-refractivity contribution < 1.29 is 48.6 Å². The Morgan fingerprint density at radius 3 is 1.44 bits per heavy atom. The summed E-state index contributed by atoms with van der Waals surface area (Å²) in [5.74, 6) is -5.99. The smallest absolute Gasteiger partial charge is 0.248 e. The van der Waals surface area contributed by atoms with Crippen LogP contribution in [0.2, 0.25) is 0 Å². The van der Waals surface area contributed by atoms with Crippen LogP contribution in [0.1, 0.15) is 70.9 Å². The minimum absolute atomic E-state index is 0.00219. The van der Waals surface area contributed by atoms with Crippen molar-refractivity contribution in [3.8, 4) is 0 Å². The van der Waals surface area contributed by atoms with Crippen molar-refractivity contribution in [2.45, 2.75) is 127 Å². The summed E-state index contributed by atoms with van der Waals surface area (Å²) in [5.41, 5.74) is 1.37. The first kappa shape index (κ1) is 47.2. The third-order valence-electron chi connectivity index (χ3n) is 11.4. The van der Waals surface area contributed by atoms with Crippen molar-refractivity contribution in [3.63, 3.8) is 0 Å². The molecule has 2 aromatic rings. The Kier molecular flexibility index (Phi) is 16.6. The maximum absolute atomic E-state index is 14.3. The molecule has 9 atom stereocenters. The first-order valence-corrected chi connectivity index (χ1v) is 21.4. The molecule has 3 aliphatic rings. The van der Waals surface area contributed by atoms with E-state index in [1.54, 1.807) is 60.7 Å². The Bertz CT molecular complexity index is 1930.